The van der Waals surface area contributed by atoms with Gasteiger partial charge >= 0.3 is 0 Å². The molecule has 120 valence electrons. The Morgan fingerprint density at radius 2 is 1.95 bits per heavy atom. The zero-order valence-electron chi connectivity index (χ0n) is 12.9. The second-order valence-electron chi connectivity index (χ2n) is 6.26. The van der Waals surface area contributed by atoms with Crippen LogP contribution in [-0.4, -0.2) is 45.7 Å². The molecule has 7 heteroatoms. The van der Waals surface area contributed by atoms with E-state index in [-0.39, 0.29) is 23.6 Å². The molecule has 0 spiro atoms. The van der Waals surface area contributed by atoms with Gasteiger partial charge in [-0.05, 0) is 24.9 Å². The molecule has 22 heavy (non-hydrogen) atoms. The van der Waals surface area contributed by atoms with E-state index < -0.39 is 0 Å². The number of nitrogens with zero attached hydrogens (tertiary/aromatic N) is 3. The monoisotopic (exact) mass is 306 g/mol. The molecule has 1 aromatic heterocycles. The van der Waals surface area contributed by atoms with Gasteiger partial charge in [-0.2, -0.15) is 0 Å². The highest BCUT2D eigenvalue weighted by Gasteiger charge is 2.35. The largest absolute Gasteiger partial charge is 0.345 e. The molecule has 1 unspecified atom stereocenters. The number of amides is 2. The molecule has 1 saturated heterocycles. The maximum atomic E-state index is 12.3. The standard InChI is InChI=1S/C15H22N4O3/c1-10-14(18-22-17-10)15(21)16-11-8-13(20)19(9-11)12-6-4-2-3-5-7-12/h11-12H,2-9H2,1H3,(H,16,21). The van der Waals surface area contributed by atoms with Crippen LogP contribution >= 0.6 is 0 Å². The number of carbonyl (C=O) groups is 2. The van der Waals surface area contributed by atoms with Gasteiger partial charge in [0, 0.05) is 19.0 Å². The molecular formula is C15H22N4O3. The van der Waals surface area contributed by atoms with Gasteiger partial charge < -0.3 is 10.2 Å². The number of likely N-dealkylation sites (tertiary alicyclic amines) is 1. The van der Waals surface area contributed by atoms with E-state index in [2.05, 4.69) is 20.3 Å². The highest BCUT2D eigenvalue weighted by Crippen LogP contribution is 2.25. The first-order valence-electron chi connectivity index (χ1n) is 8.04. The van der Waals surface area contributed by atoms with Gasteiger partial charge in [-0.3, -0.25) is 9.59 Å². The Morgan fingerprint density at radius 1 is 1.23 bits per heavy atom. The van der Waals surface area contributed by atoms with Crippen molar-refractivity contribution in [1.82, 2.24) is 20.5 Å². The van der Waals surface area contributed by atoms with Crippen LogP contribution in [0.2, 0.25) is 0 Å². The Labute approximate surface area is 129 Å². The molecule has 1 aliphatic carbocycles. The van der Waals surface area contributed by atoms with Crippen LogP contribution in [0.3, 0.4) is 0 Å². The van der Waals surface area contributed by atoms with Gasteiger partial charge in [-0.15, -0.1) is 0 Å². The first kappa shape index (κ1) is 15.0. The number of carbonyl (C=O) groups excluding carboxylic acids is 2. The fraction of sp³-hybridized carbons (Fsp3) is 0.733. The summed E-state index contributed by atoms with van der Waals surface area (Å²) in [7, 11) is 0. The minimum Gasteiger partial charge on any atom is -0.345 e. The van der Waals surface area contributed by atoms with Crippen molar-refractivity contribution in [3.63, 3.8) is 0 Å². The molecule has 1 saturated carbocycles. The molecule has 0 aromatic carbocycles. The van der Waals surface area contributed by atoms with Gasteiger partial charge in [0.2, 0.25) is 5.91 Å². The minimum atomic E-state index is -0.320. The van der Waals surface area contributed by atoms with Crippen LogP contribution < -0.4 is 5.32 Å². The van der Waals surface area contributed by atoms with Gasteiger partial charge in [0.25, 0.3) is 5.91 Å². The Hall–Kier alpha value is -1.92. The normalized spacial score (nSPS) is 23.6. The smallest absolute Gasteiger partial charge is 0.275 e. The molecule has 1 aliphatic heterocycles. The van der Waals surface area contributed by atoms with E-state index in [9.17, 15) is 9.59 Å². The van der Waals surface area contributed by atoms with Crippen molar-refractivity contribution in [3.05, 3.63) is 11.4 Å². The summed E-state index contributed by atoms with van der Waals surface area (Å²) in [5, 5.41) is 10.1. The molecule has 2 fully saturated rings. The lowest BCUT2D eigenvalue weighted by molar-refractivity contribution is -0.129. The van der Waals surface area contributed by atoms with Crippen molar-refractivity contribution in [2.24, 2.45) is 0 Å². The Balaban J connectivity index is 1.59. The minimum absolute atomic E-state index is 0.146. The van der Waals surface area contributed by atoms with E-state index in [4.69, 9.17) is 0 Å². The summed E-state index contributed by atoms with van der Waals surface area (Å²) in [6, 6.07) is 0.187. The van der Waals surface area contributed by atoms with E-state index in [0.717, 1.165) is 12.8 Å². The van der Waals surface area contributed by atoms with Crippen molar-refractivity contribution in [1.29, 1.82) is 0 Å². The lowest BCUT2D eigenvalue weighted by atomic mass is 10.1. The van der Waals surface area contributed by atoms with Crippen LogP contribution in [0.25, 0.3) is 0 Å². The molecule has 1 aromatic rings. The average Bonchev–Trinajstić information content (AvgIpc) is 2.95. The molecule has 2 aliphatic rings. The van der Waals surface area contributed by atoms with Crippen LogP contribution in [0.1, 0.15) is 61.1 Å². The van der Waals surface area contributed by atoms with Gasteiger partial charge in [0.15, 0.2) is 5.69 Å². The molecule has 3 rings (SSSR count). The summed E-state index contributed by atoms with van der Waals surface area (Å²) in [5.74, 6) is -0.175. The lowest BCUT2D eigenvalue weighted by Crippen LogP contribution is -2.40. The maximum Gasteiger partial charge on any atom is 0.275 e. The number of rotatable bonds is 3. The summed E-state index contributed by atoms with van der Waals surface area (Å²) >= 11 is 0. The predicted octanol–water partition coefficient (Wildman–Crippen LogP) is 1.43. The average molecular weight is 306 g/mol. The van der Waals surface area contributed by atoms with Gasteiger partial charge in [0.05, 0.1) is 6.04 Å². The third-order valence-corrected chi connectivity index (χ3v) is 4.63. The van der Waals surface area contributed by atoms with Crippen molar-refractivity contribution in [2.45, 2.75) is 64.0 Å². The molecule has 1 atom stereocenters. The van der Waals surface area contributed by atoms with Gasteiger partial charge in [-0.1, -0.05) is 30.8 Å². The third-order valence-electron chi connectivity index (χ3n) is 4.63. The summed E-state index contributed by atoms with van der Waals surface area (Å²) < 4.78 is 4.54. The fourth-order valence-corrected chi connectivity index (χ4v) is 3.44. The number of aryl methyl sites for hydroxylation is 1. The van der Waals surface area contributed by atoms with Gasteiger partial charge in [-0.25, -0.2) is 4.63 Å². The number of nitrogens with one attached hydrogen (secondary N) is 1. The zero-order chi connectivity index (χ0) is 15.5. The van der Waals surface area contributed by atoms with Crippen LogP contribution in [0.4, 0.5) is 0 Å². The number of hydrogen-bond donors (Lipinski definition) is 1. The van der Waals surface area contributed by atoms with E-state index in [1.54, 1.807) is 6.92 Å². The van der Waals surface area contributed by atoms with Gasteiger partial charge in [0.1, 0.15) is 5.69 Å². The first-order valence-corrected chi connectivity index (χ1v) is 8.04. The Kier molecular flexibility index (Phi) is 4.40. The highest BCUT2D eigenvalue weighted by atomic mass is 16.6. The number of hydrogen-bond acceptors (Lipinski definition) is 5. The van der Waals surface area contributed by atoms with Crippen LogP contribution in [0.5, 0.6) is 0 Å². The topological polar surface area (TPSA) is 88.3 Å². The maximum absolute atomic E-state index is 12.3. The molecule has 0 bridgehead atoms. The SMILES string of the molecule is Cc1nonc1C(=O)NC1CC(=O)N(C2CCCCCC2)C1. The molecule has 0 radical (unpaired) electrons. The highest BCUT2D eigenvalue weighted by molar-refractivity contribution is 5.94. The van der Waals surface area contributed by atoms with E-state index in [1.807, 2.05) is 4.90 Å². The number of aromatic nitrogens is 2. The van der Waals surface area contributed by atoms with Crippen LogP contribution in [0.15, 0.2) is 4.63 Å². The van der Waals surface area contributed by atoms with Crippen LogP contribution in [-0.2, 0) is 4.79 Å². The molecular weight excluding hydrogens is 284 g/mol. The van der Waals surface area contributed by atoms with Crippen molar-refractivity contribution in [2.75, 3.05) is 6.54 Å². The predicted molar refractivity (Wildman–Crippen MR) is 78.1 cm³/mol. The summed E-state index contributed by atoms with van der Waals surface area (Å²) in [6.07, 6.45) is 7.43. The third kappa shape index (κ3) is 3.13. The second-order valence-corrected chi connectivity index (χ2v) is 6.26. The Bertz CT molecular complexity index is 549. The van der Waals surface area contributed by atoms with Crippen molar-refractivity contribution >= 4 is 11.8 Å². The fourth-order valence-electron chi connectivity index (χ4n) is 3.44. The van der Waals surface area contributed by atoms with Crippen molar-refractivity contribution in [3.8, 4) is 0 Å². The Morgan fingerprint density at radius 3 is 2.59 bits per heavy atom. The molecule has 2 amide bonds. The molecule has 7 nitrogen and oxygen atoms in total. The van der Waals surface area contributed by atoms with Crippen molar-refractivity contribution < 1.29 is 14.2 Å². The van der Waals surface area contributed by atoms with E-state index in [0.29, 0.717) is 24.7 Å². The van der Waals surface area contributed by atoms with Crippen LogP contribution in [0, 0.1) is 6.92 Å². The summed E-state index contributed by atoms with van der Waals surface area (Å²) in [5.41, 5.74) is 0.655. The lowest BCUT2D eigenvalue weighted by Gasteiger charge is -2.27. The first-order chi connectivity index (χ1) is 10.6. The molecule has 1 N–H and O–H groups in total. The quantitative estimate of drug-likeness (QED) is 0.853. The van der Waals surface area contributed by atoms with E-state index >= 15 is 0 Å². The summed E-state index contributed by atoms with van der Waals surface area (Å²) in [6.45, 7) is 2.27. The molecule has 2 heterocycles. The second kappa shape index (κ2) is 6.46. The van der Waals surface area contributed by atoms with E-state index in [1.165, 1.54) is 25.7 Å². The summed E-state index contributed by atoms with van der Waals surface area (Å²) in [4.78, 5) is 26.3. The zero-order valence-corrected chi connectivity index (χ0v) is 12.9.